The van der Waals surface area contributed by atoms with E-state index in [1.54, 1.807) is 0 Å². The molecule has 0 aromatic heterocycles. The van der Waals surface area contributed by atoms with Gasteiger partial charge >= 0.3 is 0 Å². The highest BCUT2D eigenvalue weighted by molar-refractivity contribution is 5.82. The van der Waals surface area contributed by atoms with E-state index in [4.69, 9.17) is 9.47 Å². The number of para-hydroxylation sites is 2. The van der Waals surface area contributed by atoms with Crippen LogP contribution in [0, 0.1) is 22.7 Å². The van der Waals surface area contributed by atoms with Crippen LogP contribution in [0.4, 0.5) is 0 Å². The van der Waals surface area contributed by atoms with Gasteiger partial charge in [-0.1, -0.05) is 48.5 Å². The fourth-order valence-corrected chi connectivity index (χ4v) is 5.02. The van der Waals surface area contributed by atoms with Gasteiger partial charge in [-0.15, -0.1) is 0 Å². The van der Waals surface area contributed by atoms with Crippen LogP contribution in [-0.4, -0.2) is 13.2 Å². The summed E-state index contributed by atoms with van der Waals surface area (Å²) in [6.07, 6.45) is 1.37. The Kier molecular flexibility index (Phi) is 6.20. The Morgan fingerprint density at radius 2 is 1.00 bits per heavy atom. The lowest BCUT2D eigenvalue weighted by molar-refractivity contribution is 0.233. The molecule has 0 fully saturated rings. The third-order valence-corrected chi connectivity index (χ3v) is 6.70. The summed E-state index contributed by atoms with van der Waals surface area (Å²) in [6.45, 7) is 0.976. The van der Waals surface area contributed by atoms with E-state index < -0.39 is 5.41 Å². The summed E-state index contributed by atoms with van der Waals surface area (Å²) in [5.41, 5.74) is 5.17. The first kappa shape index (κ1) is 22.3. The zero-order chi connectivity index (χ0) is 24.1. The predicted molar refractivity (Wildman–Crippen MR) is 135 cm³/mol. The Morgan fingerprint density at radius 1 is 0.571 bits per heavy atom. The number of rotatable bonds is 8. The number of nitrogens with zero attached hydrogens (tertiary/aromatic N) is 2. The Bertz CT molecular complexity index is 1310. The highest BCUT2D eigenvalue weighted by Gasteiger charge is 2.43. The zero-order valence-corrected chi connectivity index (χ0v) is 19.3. The summed E-state index contributed by atoms with van der Waals surface area (Å²) < 4.78 is 12.3. The zero-order valence-electron chi connectivity index (χ0n) is 19.3. The molecule has 4 aromatic carbocycles. The summed E-state index contributed by atoms with van der Waals surface area (Å²) in [7, 11) is 0. The molecule has 4 nitrogen and oxygen atoms in total. The Balaban J connectivity index is 1.55. The van der Waals surface area contributed by atoms with Crippen molar-refractivity contribution in [2.75, 3.05) is 13.2 Å². The van der Waals surface area contributed by atoms with E-state index in [1.807, 2.05) is 97.1 Å². The Hall–Kier alpha value is -4.54. The third-order valence-electron chi connectivity index (χ3n) is 6.70. The predicted octanol–water partition coefficient (Wildman–Crippen LogP) is 6.63. The average Bonchev–Trinajstić information content (AvgIpc) is 3.18. The highest BCUT2D eigenvalue weighted by Crippen LogP contribution is 2.53. The van der Waals surface area contributed by atoms with Crippen LogP contribution in [0.2, 0.25) is 0 Å². The summed E-state index contributed by atoms with van der Waals surface area (Å²) in [4.78, 5) is 0. The lowest BCUT2D eigenvalue weighted by Crippen LogP contribution is -2.30. The molecule has 5 rings (SSSR count). The number of benzene rings is 4. The van der Waals surface area contributed by atoms with Crippen molar-refractivity contribution in [2.45, 2.75) is 18.3 Å². The molecular formula is C31H24N2O2. The third kappa shape index (κ3) is 4.35. The molecule has 0 radical (unpaired) electrons. The maximum absolute atomic E-state index is 9.65. The largest absolute Gasteiger partial charge is 0.494 e. The minimum atomic E-state index is -0.450. The first-order chi connectivity index (χ1) is 17.2. The molecule has 4 heteroatoms. The molecule has 0 heterocycles. The fourth-order valence-electron chi connectivity index (χ4n) is 5.02. The fraction of sp³-hybridized carbons (Fsp3) is 0.161. The van der Waals surface area contributed by atoms with Crippen molar-refractivity contribution in [1.29, 1.82) is 10.5 Å². The van der Waals surface area contributed by atoms with Crippen LogP contribution in [0.15, 0.2) is 97.1 Å². The van der Waals surface area contributed by atoms with Crippen LogP contribution < -0.4 is 9.47 Å². The monoisotopic (exact) mass is 456 g/mol. The van der Waals surface area contributed by atoms with Crippen molar-refractivity contribution >= 4 is 0 Å². The molecule has 0 aliphatic heterocycles. The van der Waals surface area contributed by atoms with Gasteiger partial charge in [0.1, 0.15) is 11.5 Å². The molecule has 0 atom stereocenters. The van der Waals surface area contributed by atoms with Crippen molar-refractivity contribution in [3.8, 4) is 34.8 Å². The van der Waals surface area contributed by atoms with Crippen LogP contribution >= 0.6 is 0 Å². The highest BCUT2D eigenvalue weighted by atomic mass is 16.5. The van der Waals surface area contributed by atoms with Gasteiger partial charge in [0.2, 0.25) is 0 Å². The van der Waals surface area contributed by atoms with E-state index in [-0.39, 0.29) is 0 Å². The van der Waals surface area contributed by atoms with Gasteiger partial charge in [-0.25, -0.2) is 0 Å². The second-order valence-corrected chi connectivity index (χ2v) is 8.65. The minimum absolute atomic E-state index is 0.450. The number of hydrogen-bond donors (Lipinski definition) is 0. The number of nitriles is 2. The molecule has 35 heavy (non-hydrogen) atoms. The van der Waals surface area contributed by atoms with Gasteiger partial charge in [0.05, 0.1) is 36.5 Å². The first-order valence-corrected chi connectivity index (χ1v) is 11.7. The standard InChI is InChI=1S/C31H24N2O2/c32-21-23-11-13-27-28-14-12-24(22-33)20-30(28)31(29(27)19-23,15-17-34-25-7-3-1-4-8-25)16-18-35-26-9-5-2-6-10-26/h1-14,19-20H,15-18H2. The molecule has 1 aliphatic carbocycles. The summed E-state index contributed by atoms with van der Waals surface area (Å²) in [5.74, 6) is 1.64. The van der Waals surface area contributed by atoms with Crippen molar-refractivity contribution in [2.24, 2.45) is 0 Å². The SMILES string of the molecule is N#Cc1ccc2c(c1)C(CCOc1ccccc1)(CCOc1ccccc1)c1cc(C#N)ccc1-2. The minimum Gasteiger partial charge on any atom is -0.494 e. The van der Waals surface area contributed by atoms with Crippen molar-refractivity contribution in [3.05, 3.63) is 119 Å². The van der Waals surface area contributed by atoms with Crippen LogP contribution in [0.25, 0.3) is 11.1 Å². The van der Waals surface area contributed by atoms with Crippen LogP contribution in [0.5, 0.6) is 11.5 Å². The Morgan fingerprint density at radius 3 is 1.40 bits per heavy atom. The summed E-state index contributed by atoms with van der Waals surface area (Å²) in [6, 6.07) is 35.9. The summed E-state index contributed by atoms with van der Waals surface area (Å²) in [5, 5.41) is 19.3. The lowest BCUT2D eigenvalue weighted by Gasteiger charge is -2.32. The number of hydrogen-bond acceptors (Lipinski definition) is 4. The normalized spacial score (nSPS) is 12.6. The van der Waals surface area contributed by atoms with Crippen molar-refractivity contribution in [1.82, 2.24) is 0 Å². The molecule has 0 bridgehead atoms. The second-order valence-electron chi connectivity index (χ2n) is 8.65. The van der Waals surface area contributed by atoms with Crippen LogP contribution in [0.3, 0.4) is 0 Å². The maximum Gasteiger partial charge on any atom is 0.119 e. The maximum atomic E-state index is 9.65. The van der Waals surface area contributed by atoms with Gasteiger partial charge in [0.25, 0.3) is 0 Å². The van der Waals surface area contributed by atoms with Gasteiger partial charge < -0.3 is 9.47 Å². The van der Waals surface area contributed by atoms with E-state index in [0.29, 0.717) is 37.2 Å². The molecule has 0 unspecified atom stereocenters. The van der Waals surface area contributed by atoms with E-state index in [9.17, 15) is 10.5 Å². The van der Waals surface area contributed by atoms with Crippen LogP contribution in [-0.2, 0) is 5.41 Å². The van der Waals surface area contributed by atoms with Gasteiger partial charge in [0, 0.05) is 5.41 Å². The van der Waals surface area contributed by atoms with Gasteiger partial charge in [-0.2, -0.15) is 10.5 Å². The topological polar surface area (TPSA) is 66.0 Å². The number of ether oxygens (including phenoxy) is 2. The number of fused-ring (bicyclic) bond motifs is 3. The molecule has 170 valence electrons. The van der Waals surface area contributed by atoms with Crippen molar-refractivity contribution in [3.63, 3.8) is 0 Å². The molecule has 0 saturated carbocycles. The average molecular weight is 457 g/mol. The van der Waals surface area contributed by atoms with E-state index in [0.717, 1.165) is 33.8 Å². The van der Waals surface area contributed by atoms with Crippen molar-refractivity contribution < 1.29 is 9.47 Å². The molecular weight excluding hydrogens is 432 g/mol. The van der Waals surface area contributed by atoms with E-state index in [2.05, 4.69) is 12.1 Å². The molecule has 0 spiro atoms. The molecule has 0 saturated heterocycles. The molecule has 1 aliphatic rings. The summed E-state index contributed by atoms with van der Waals surface area (Å²) >= 11 is 0. The smallest absolute Gasteiger partial charge is 0.119 e. The lowest BCUT2D eigenvalue weighted by atomic mass is 9.72. The van der Waals surface area contributed by atoms with Gasteiger partial charge in [-0.05, 0) is 83.6 Å². The van der Waals surface area contributed by atoms with E-state index in [1.165, 1.54) is 0 Å². The second kappa shape index (κ2) is 9.75. The molecule has 0 N–H and O–H groups in total. The van der Waals surface area contributed by atoms with Gasteiger partial charge in [0.15, 0.2) is 0 Å². The Labute approximate surface area is 205 Å². The molecule has 0 amide bonds. The molecule has 4 aromatic rings. The van der Waals surface area contributed by atoms with Gasteiger partial charge in [-0.3, -0.25) is 0 Å². The van der Waals surface area contributed by atoms with E-state index >= 15 is 0 Å². The first-order valence-electron chi connectivity index (χ1n) is 11.7. The quantitative estimate of drug-likeness (QED) is 0.298. The van der Waals surface area contributed by atoms with Crippen LogP contribution in [0.1, 0.15) is 35.1 Å².